The van der Waals surface area contributed by atoms with Gasteiger partial charge in [0.25, 0.3) is 5.01 Å². The van der Waals surface area contributed by atoms with Crippen LogP contribution in [0.2, 0.25) is 0 Å². The number of rotatable bonds is 7. The monoisotopic (exact) mass is 492 g/mol. The highest BCUT2D eigenvalue weighted by Crippen LogP contribution is 2.24. The maximum Gasteiger partial charge on any atom is 0.269 e. The van der Waals surface area contributed by atoms with Gasteiger partial charge in [0.05, 0.1) is 12.0 Å². The second kappa shape index (κ2) is 10.9. The van der Waals surface area contributed by atoms with E-state index in [9.17, 15) is 0 Å². The second-order valence-electron chi connectivity index (χ2n) is 6.91. The second-order valence-corrected chi connectivity index (χ2v) is 7.80. The first-order valence-corrected chi connectivity index (χ1v) is 10.9. The van der Waals surface area contributed by atoms with Gasteiger partial charge in [0.2, 0.25) is 11.4 Å². The molecule has 0 saturated heterocycles. The van der Waals surface area contributed by atoms with Crippen molar-refractivity contribution in [2.75, 3.05) is 11.9 Å². The van der Waals surface area contributed by atoms with E-state index in [0.29, 0.717) is 6.61 Å². The van der Waals surface area contributed by atoms with E-state index in [1.165, 1.54) is 11.3 Å². The summed E-state index contributed by atoms with van der Waals surface area (Å²) in [5.41, 5.74) is 5.66. The Hall–Kier alpha value is -2.89. The zero-order valence-corrected chi connectivity index (χ0v) is 20.0. The molecule has 5 heteroatoms. The van der Waals surface area contributed by atoms with Gasteiger partial charge in [0, 0.05) is 35.2 Å². The summed E-state index contributed by atoms with van der Waals surface area (Å²) in [5, 5.41) is 6.87. The average Bonchev–Trinajstić information content (AvgIpc) is 3.20. The molecule has 4 aromatic rings. The van der Waals surface area contributed by atoms with Crippen molar-refractivity contribution in [1.29, 1.82) is 0 Å². The van der Waals surface area contributed by atoms with E-state index in [-0.39, 0.29) is 17.0 Å². The fraction of sp³-hybridized carbons (Fsp3) is 0.115. The highest BCUT2D eigenvalue weighted by Gasteiger charge is 2.22. The molecule has 1 aromatic heterocycles. The number of nitrogens with zero attached hydrogens (tertiary/aromatic N) is 1. The summed E-state index contributed by atoms with van der Waals surface area (Å²) in [4.78, 5) is 0. The lowest BCUT2D eigenvalue weighted by Crippen LogP contribution is -3.00. The van der Waals surface area contributed by atoms with E-state index < -0.39 is 0 Å². The number of benzene rings is 3. The molecule has 31 heavy (non-hydrogen) atoms. The molecule has 0 bridgehead atoms. The van der Waals surface area contributed by atoms with Crippen LogP contribution >= 0.6 is 11.3 Å². The van der Waals surface area contributed by atoms with Crippen LogP contribution in [0, 0.1) is 0 Å². The van der Waals surface area contributed by atoms with Crippen molar-refractivity contribution in [3.8, 4) is 22.7 Å². The van der Waals surface area contributed by atoms with E-state index in [1.807, 2.05) is 37.3 Å². The summed E-state index contributed by atoms with van der Waals surface area (Å²) < 4.78 is 7.84. The van der Waals surface area contributed by atoms with Crippen LogP contribution in [0.15, 0.2) is 96.0 Å². The van der Waals surface area contributed by atoms with Gasteiger partial charge in [0.15, 0.2) is 0 Å². The highest BCUT2D eigenvalue weighted by atomic mass is 79.9. The minimum atomic E-state index is 0. The zero-order chi connectivity index (χ0) is 20.8. The largest absolute Gasteiger partial charge is 1.00 e. The molecule has 0 spiro atoms. The molecular weight excluding hydrogens is 468 g/mol. The number of aromatic nitrogens is 1. The van der Waals surface area contributed by atoms with Crippen molar-refractivity contribution >= 4 is 23.1 Å². The van der Waals surface area contributed by atoms with E-state index in [2.05, 4.69) is 82.9 Å². The Morgan fingerprint density at radius 1 is 0.935 bits per heavy atom. The predicted octanol–water partition coefficient (Wildman–Crippen LogP) is 3.57. The van der Waals surface area contributed by atoms with Gasteiger partial charge in [-0.15, -0.1) is 4.57 Å². The SMILES string of the molecule is CCOc1ccc(N/C(C)=C/c2scc(-c3ccccc3)[n+]2-c2ccccc2)cc1.[Br-]. The molecule has 0 aliphatic heterocycles. The maximum atomic E-state index is 5.53. The average molecular weight is 493 g/mol. The quantitative estimate of drug-likeness (QED) is 0.399. The van der Waals surface area contributed by atoms with E-state index in [0.717, 1.165) is 27.8 Å². The third-order valence-corrected chi connectivity index (χ3v) is 5.57. The Kier molecular flexibility index (Phi) is 8.04. The Morgan fingerprint density at radius 3 is 2.23 bits per heavy atom. The predicted molar refractivity (Wildman–Crippen MR) is 126 cm³/mol. The fourth-order valence-electron chi connectivity index (χ4n) is 3.34. The number of halogens is 1. The number of hydrogen-bond donors (Lipinski definition) is 1. The molecular formula is C26H25BrN2OS. The van der Waals surface area contributed by atoms with Gasteiger partial charge in [-0.3, -0.25) is 0 Å². The number of nitrogens with one attached hydrogen (secondary N) is 1. The highest BCUT2D eigenvalue weighted by molar-refractivity contribution is 7.10. The smallest absolute Gasteiger partial charge is 0.269 e. The lowest BCUT2D eigenvalue weighted by molar-refractivity contribution is -0.580. The Labute approximate surface area is 198 Å². The third kappa shape index (κ3) is 5.63. The number of allylic oxidation sites excluding steroid dienone is 1. The van der Waals surface area contributed by atoms with Crippen molar-refractivity contribution in [2.45, 2.75) is 13.8 Å². The van der Waals surface area contributed by atoms with E-state index >= 15 is 0 Å². The van der Waals surface area contributed by atoms with Gasteiger partial charge >= 0.3 is 0 Å². The zero-order valence-electron chi connectivity index (χ0n) is 17.6. The summed E-state index contributed by atoms with van der Waals surface area (Å²) in [6, 6.07) is 29.1. The number of anilines is 1. The van der Waals surface area contributed by atoms with Crippen molar-refractivity contribution in [1.82, 2.24) is 0 Å². The van der Waals surface area contributed by atoms with Gasteiger partial charge in [-0.05, 0) is 50.2 Å². The molecule has 1 N–H and O–H groups in total. The molecule has 0 unspecified atom stereocenters. The summed E-state index contributed by atoms with van der Waals surface area (Å²) in [5.74, 6) is 0.886. The summed E-state index contributed by atoms with van der Waals surface area (Å²) in [7, 11) is 0. The van der Waals surface area contributed by atoms with Gasteiger partial charge in [0.1, 0.15) is 5.75 Å². The third-order valence-electron chi connectivity index (χ3n) is 4.68. The minimum absolute atomic E-state index is 0. The standard InChI is InChI=1S/C26H24N2OS.BrH/c1-3-29-24-16-14-22(15-17-24)27-20(2)18-26-28(23-12-8-5-9-13-23)25(19-30-26)21-10-6-4-7-11-21;/h4-19H,3H2,1-2H3;1H. The first kappa shape index (κ1) is 22.8. The molecule has 0 amide bonds. The number of para-hydroxylation sites is 1. The Morgan fingerprint density at radius 2 is 1.58 bits per heavy atom. The lowest BCUT2D eigenvalue weighted by Gasteiger charge is -2.08. The molecule has 0 atom stereocenters. The van der Waals surface area contributed by atoms with Crippen LogP contribution in [0.25, 0.3) is 23.0 Å². The fourth-order valence-corrected chi connectivity index (χ4v) is 4.37. The molecule has 0 aliphatic carbocycles. The molecule has 3 aromatic carbocycles. The lowest BCUT2D eigenvalue weighted by atomic mass is 10.1. The van der Waals surface area contributed by atoms with Crippen molar-refractivity contribution in [2.24, 2.45) is 0 Å². The molecule has 0 fully saturated rings. The van der Waals surface area contributed by atoms with Crippen molar-refractivity contribution in [3.05, 3.63) is 101 Å². The minimum Gasteiger partial charge on any atom is -1.00 e. The number of thiazole rings is 1. The van der Waals surface area contributed by atoms with Crippen molar-refractivity contribution in [3.63, 3.8) is 0 Å². The van der Waals surface area contributed by atoms with Crippen LogP contribution in [0.1, 0.15) is 18.9 Å². The van der Waals surface area contributed by atoms with E-state index in [4.69, 9.17) is 4.74 Å². The Bertz CT molecular complexity index is 1120. The Balaban J connectivity index is 0.00000272. The van der Waals surface area contributed by atoms with Gasteiger partial charge in [-0.1, -0.05) is 47.7 Å². The van der Waals surface area contributed by atoms with Crippen LogP contribution in [-0.2, 0) is 0 Å². The molecule has 4 rings (SSSR count). The van der Waals surface area contributed by atoms with Gasteiger partial charge in [-0.25, -0.2) is 0 Å². The molecule has 0 saturated carbocycles. The first-order valence-electron chi connectivity index (χ1n) is 10.1. The normalized spacial score (nSPS) is 11.0. The van der Waals surface area contributed by atoms with Crippen LogP contribution in [-0.4, -0.2) is 6.61 Å². The topological polar surface area (TPSA) is 25.1 Å². The summed E-state index contributed by atoms with van der Waals surface area (Å²) in [6.45, 7) is 4.76. The first-order chi connectivity index (χ1) is 14.7. The van der Waals surface area contributed by atoms with Crippen LogP contribution in [0.5, 0.6) is 5.75 Å². The summed E-state index contributed by atoms with van der Waals surface area (Å²) >= 11 is 1.74. The molecule has 0 radical (unpaired) electrons. The van der Waals surface area contributed by atoms with E-state index in [1.54, 1.807) is 11.3 Å². The maximum absolute atomic E-state index is 5.53. The van der Waals surface area contributed by atoms with Crippen molar-refractivity contribution < 1.29 is 26.3 Å². The molecule has 0 aliphatic rings. The molecule has 158 valence electrons. The number of ether oxygens (including phenoxy) is 1. The number of hydrogen-bond acceptors (Lipinski definition) is 3. The van der Waals surface area contributed by atoms with Crippen LogP contribution in [0.3, 0.4) is 0 Å². The molecule has 1 heterocycles. The molecule has 3 nitrogen and oxygen atoms in total. The van der Waals surface area contributed by atoms with Gasteiger partial charge < -0.3 is 27.0 Å². The van der Waals surface area contributed by atoms with Gasteiger partial charge in [-0.2, -0.15) is 0 Å². The summed E-state index contributed by atoms with van der Waals surface area (Å²) in [6.07, 6.45) is 2.20. The van der Waals surface area contributed by atoms with Crippen LogP contribution < -0.4 is 31.6 Å². The van der Waals surface area contributed by atoms with Crippen LogP contribution in [0.4, 0.5) is 5.69 Å².